The molecule has 0 aliphatic heterocycles. The lowest BCUT2D eigenvalue weighted by Gasteiger charge is -2.11. The fourth-order valence-electron chi connectivity index (χ4n) is 2.31. The number of ether oxygens (including phenoxy) is 2. The van der Waals surface area contributed by atoms with Crippen LogP contribution in [0.5, 0.6) is 17.2 Å². The van der Waals surface area contributed by atoms with Crippen LogP contribution in [0.25, 0.3) is 0 Å². The molecule has 0 unspecified atom stereocenters. The minimum atomic E-state index is 0.106. The van der Waals surface area contributed by atoms with Gasteiger partial charge in [-0.25, -0.2) is 0 Å². The average Bonchev–Trinajstić information content (AvgIpc) is 2.49. The molecule has 0 amide bonds. The van der Waals surface area contributed by atoms with Crippen LogP contribution >= 0.6 is 0 Å². The van der Waals surface area contributed by atoms with E-state index in [1.54, 1.807) is 18.2 Å². The van der Waals surface area contributed by atoms with Crippen LogP contribution in [0.1, 0.15) is 24.0 Å². The maximum absolute atomic E-state index is 9.67. The Hall–Kier alpha value is -2.16. The van der Waals surface area contributed by atoms with Crippen LogP contribution in [-0.2, 0) is 6.42 Å². The van der Waals surface area contributed by atoms with Crippen LogP contribution in [0.2, 0.25) is 0 Å². The van der Waals surface area contributed by atoms with Crippen molar-refractivity contribution in [2.75, 3.05) is 13.7 Å². The molecule has 0 saturated carbocycles. The molecule has 0 aromatic heterocycles. The molecular formula is C18H22O3. The van der Waals surface area contributed by atoms with Gasteiger partial charge in [0, 0.05) is 0 Å². The molecule has 3 heteroatoms. The summed E-state index contributed by atoms with van der Waals surface area (Å²) in [5, 5.41) is 9.67. The SMILES string of the molecule is COc1c(O)cccc1OCCCCc1ccccc1C. The Balaban J connectivity index is 1.78. The molecule has 1 N–H and O–H groups in total. The van der Waals surface area contributed by atoms with Gasteiger partial charge in [-0.1, -0.05) is 30.3 Å². The molecule has 0 aliphatic carbocycles. The van der Waals surface area contributed by atoms with E-state index in [2.05, 4.69) is 31.2 Å². The van der Waals surface area contributed by atoms with Gasteiger partial charge in [-0.15, -0.1) is 0 Å². The van der Waals surface area contributed by atoms with E-state index in [1.165, 1.54) is 18.2 Å². The number of aryl methyl sites for hydroxylation is 2. The smallest absolute Gasteiger partial charge is 0.203 e. The minimum Gasteiger partial charge on any atom is -0.504 e. The van der Waals surface area contributed by atoms with Crippen molar-refractivity contribution < 1.29 is 14.6 Å². The Labute approximate surface area is 126 Å². The lowest BCUT2D eigenvalue weighted by molar-refractivity contribution is 0.279. The summed E-state index contributed by atoms with van der Waals surface area (Å²) in [5.74, 6) is 1.10. The number of hydrogen-bond acceptors (Lipinski definition) is 3. The molecule has 0 aliphatic rings. The zero-order chi connectivity index (χ0) is 15.1. The number of benzene rings is 2. The zero-order valence-corrected chi connectivity index (χ0v) is 12.6. The largest absolute Gasteiger partial charge is 0.504 e. The van der Waals surface area contributed by atoms with Gasteiger partial charge in [-0.2, -0.15) is 0 Å². The van der Waals surface area contributed by atoms with Gasteiger partial charge in [0.25, 0.3) is 0 Å². The minimum absolute atomic E-state index is 0.106. The molecule has 21 heavy (non-hydrogen) atoms. The Bertz CT molecular complexity index is 578. The molecular weight excluding hydrogens is 264 g/mol. The fraction of sp³-hybridized carbons (Fsp3) is 0.333. The zero-order valence-electron chi connectivity index (χ0n) is 12.6. The first-order valence-electron chi connectivity index (χ1n) is 7.25. The maximum atomic E-state index is 9.67. The molecule has 0 saturated heterocycles. The molecule has 0 atom stereocenters. The number of hydrogen-bond donors (Lipinski definition) is 1. The van der Waals surface area contributed by atoms with Crippen LogP contribution in [0.3, 0.4) is 0 Å². The summed E-state index contributed by atoms with van der Waals surface area (Å²) >= 11 is 0. The van der Waals surface area contributed by atoms with Crippen molar-refractivity contribution in [3.8, 4) is 17.2 Å². The van der Waals surface area contributed by atoms with E-state index in [0.717, 1.165) is 19.3 Å². The first kappa shape index (κ1) is 15.2. The first-order chi connectivity index (χ1) is 10.2. The molecule has 2 rings (SSSR count). The molecule has 3 nitrogen and oxygen atoms in total. The van der Waals surface area contributed by atoms with E-state index in [1.807, 2.05) is 0 Å². The summed E-state index contributed by atoms with van der Waals surface area (Å²) < 4.78 is 10.8. The van der Waals surface area contributed by atoms with E-state index in [0.29, 0.717) is 18.1 Å². The highest BCUT2D eigenvalue weighted by atomic mass is 16.5. The lowest BCUT2D eigenvalue weighted by Crippen LogP contribution is -2.00. The van der Waals surface area contributed by atoms with Crippen LogP contribution in [0.4, 0.5) is 0 Å². The molecule has 112 valence electrons. The van der Waals surface area contributed by atoms with Crippen LogP contribution < -0.4 is 9.47 Å². The van der Waals surface area contributed by atoms with Crippen molar-refractivity contribution >= 4 is 0 Å². The summed E-state index contributed by atoms with van der Waals surface area (Å²) in [6.45, 7) is 2.76. The van der Waals surface area contributed by atoms with Crippen molar-refractivity contribution in [1.29, 1.82) is 0 Å². The quantitative estimate of drug-likeness (QED) is 0.778. The van der Waals surface area contributed by atoms with Gasteiger partial charge in [-0.05, 0) is 49.4 Å². The Morgan fingerprint density at radius 2 is 1.81 bits per heavy atom. The van der Waals surface area contributed by atoms with Crippen molar-refractivity contribution in [2.24, 2.45) is 0 Å². The van der Waals surface area contributed by atoms with E-state index >= 15 is 0 Å². The summed E-state index contributed by atoms with van der Waals surface area (Å²) in [5.41, 5.74) is 2.74. The van der Waals surface area contributed by atoms with Crippen molar-refractivity contribution in [3.63, 3.8) is 0 Å². The predicted molar refractivity (Wildman–Crippen MR) is 84.3 cm³/mol. The Kier molecular flexibility index (Phi) is 5.50. The second-order valence-electron chi connectivity index (χ2n) is 5.04. The van der Waals surface area contributed by atoms with Gasteiger partial charge < -0.3 is 14.6 Å². The van der Waals surface area contributed by atoms with Crippen molar-refractivity contribution in [1.82, 2.24) is 0 Å². The molecule has 0 heterocycles. The summed E-state index contributed by atoms with van der Waals surface area (Å²) in [4.78, 5) is 0. The van der Waals surface area contributed by atoms with E-state index in [-0.39, 0.29) is 5.75 Å². The third-order valence-corrected chi connectivity index (χ3v) is 3.52. The predicted octanol–water partition coefficient (Wildman–Crippen LogP) is 4.11. The van der Waals surface area contributed by atoms with Crippen LogP contribution in [0.15, 0.2) is 42.5 Å². The lowest BCUT2D eigenvalue weighted by atomic mass is 10.0. The Morgan fingerprint density at radius 3 is 2.57 bits per heavy atom. The fourth-order valence-corrected chi connectivity index (χ4v) is 2.31. The number of phenolic OH excluding ortho intramolecular Hbond substituents is 1. The number of para-hydroxylation sites is 1. The van der Waals surface area contributed by atoms with Crippen molar-refractivity contribution in [3.05, 3.63) is 53.6 Å². The van der Waals surface area contributed by atoms with Gasteiger partial charge in [-0.3, -0.25) is 0 Å². The van der Waals surface area contributed by atoms with Gasteiger partial charge in [0.05, 0.1) is 13.7 Å². The van der Waals surface area contributed by atoms with Gasteiger partial charge >= 0.3 is 0 Å². The number of methoxy groups -OCH3 is 1. The molecule has 2 aromatic carbocycles. The normalized spacial score (nSPS) is 10.4. The third kappa shape index (κ3) is 4.15. The highest BCUT2D eigenvalue weighted by Gasteiger charge is 2.08. The topological polar surface area (TPSA) is 38.7 Å². The van der Waals surface area contributed by atoms with E-state index in [9.17, 15) is 5.11 Å². The van der Waals surface area contributed by atoms with Gasteiger partial charge in [0.2, 0.25) is 5.75 Å². The number of unbranched alkanes of at least 4 members (excludes halogenated alkanes) is 1. The van der Waals surface area contributed by atoms with Gasteiger partial charge in [0.1, 0.15) is 0 Å². The number of aromatic hydroxyl groups is 1. The molecule has 0 radical (unpaired) electrons. The monoisotopic (exact) mass is 286 g/mol. The third-order valence-electron chi connectivity index (χ3n) is 3.52. The van der Waals surface area contributed by atoms with E-state index in [4.69, 9.17) is 9.47 Å². The second kappa shape index (κ2) is 7.58. The van der Waals surface area contributed by atoms with Crippen LogP contribution in [0, 0.1) is 6.92 Å². The standard InChI is InChI=1S/C18H22O3/c1-14-8-3-4-9-15(14)10-5-6-13-21-17-12-7-11-16(19)18(17)20-2/h3-4,7-9,11-12,19H,5-6,10,13H2,1-2H3. The Morgan fingerprint density at radius 1 is 1.00 bits per heavy atom. The highest BCUT2D eigenvalue weighted by Crippen LogP contribution is 2.35. The molecule has 0 fully saturated rings. The van der Waals surface area contributed by atoms with Gasteiger partial charge in [0.15, 0.2) is 11.5 Å². The van der Waals surface area contributed by atoms with Crippen LogP contribution in [-0.4, -0.2) is 18.8 Å². The number of phenols is 1. The summed E-state index contributed by atoms with van der Waals surface area (Å²) in [6.07, 6.45) is 3.10. The maximum Gasteiger partial charge on any atom is 0.203 e. The molecule has 0 bridgehead atoms. The first-order valence-corrected chi connectivity index (χ1v) is 7.25. The number of rotatable bonds is 7. The average molecular weight is 286 g/mol. The molecule has 0 spiro atoms. The van der Waals surface area contributed by atoms with Crippen molar-refractivity contribution in [2.45, 2.75) is 26.2 Å². The van der Waals surface area contributed by atoms with E-state index < -0.39 is 0 Å². The summed E-state index contributed by atoms with van der Waals surface area (Å²) in [6, 6.07) is 13.6. The second-order valence-corrected chi connectivity index (χ2v) is 5.04. The summed E-state index contributed by atoms with van der Waals surface area (Å²) in [7, 11) is 1.53. The highest BCUT2D eigenvalue weighted by molar-refractivity contribution is 5.50. The molecule has 2 aromatic rings.